The first-order valence-electron chi connectivity index (χ1n) is 6.10. The summed E-state index contributed by atoms with van der Waals surface area (Å²) in [6.45, 7) is 12.3. The second-order valence-electron chi connectivity index (χ2n) is 4.25. The van der Waals surface area contributed by atoms with E-state index in [4.69, 9.17) is 4.74 Å². The Bertz CT molecular complexity index is 470. The average molecular weight is 229 g/mol. The second-order valence-corrected chi connectivity index (χ2v) is 4.25. The Morgan fingerprint density at radius 1 is 1.24 bits per heavy atom. The van der Waals surface area contributed by atoms with Crippen LogP contribution in [0.3, 0.4) is 0 Å². The Morgan fingerprint density at radius 3 is 2.59 bits per heavy atom. The van der Waals surface area contributed by atoms with E-state index >= 15 is 0 Å². The minimum absolute atomic E-state index is 0.715. The first-order valence-corrected chi connectivity index (χ1v) is 6.10. The number of benzene rings is 1. The highest BCUT2D eigenvalue weighted by molar-refractivity contribution is 5.75. The van der Waals surface area contributed by atoms with Crippen LogP contribution in [0.25, 0.3) is 5.57 Å². The smallest absolute Gasteiger partial charge is 0.136 e. The zero-order valence-electron chi connectivity index (χ0n) is 10.8. The molecular formula is C15H19NO. The number of anilines is 1. The summed E-state index contributed by atoms with van der Waals surface area (Å²) >= 11 is 0. The van der Waals surface area contributed by atoms with E-state index in [-0.39, 0.29) is 0 Å². The van der Waals surface area contributed by atoms with Crippen molar-refractivity contribution in [2.24, 2.45) is 0 Å². The average Bonchev–Trinajstić information content (AvgIpc) is 2.30. The van der Waals surface area contributed by atoms with Gasteiger partial charge in [-0.2, -0.15) is 0 Å². The molecule has 0 N–H and O–H groups in total. The van der Waals surface area contributed by atoms with Crippen LogP contribution in [-0.2, 0) is 0 Å². The molecule has 1 aliphatic rings. The van der Waals surface area contributed by atoms with E-state index < -0.39 is 0 Å². The van der Waals surface area contributed by atoms with E-state index in [0.29, 0.717) is 5.76 Å². The lowest BCUT2D eigenvalue weighted by Gasteiger charge is -2.24. The van der Waals surface area contributed by atoms with Gasteiger partial charge in [-0.1, -0.05) is 6.58 Å². The fraction of sp³-hybridized carbons (Fsp3) is 0.333. The number of rotatable bonds is 3. The molecule has 1 aromatic rings. The molecule has 17 heavy (non-hydrogen) atoms. The molecule has 0 aliphatic carbocycles. The molecule has 0 aromatic heterocycles. The number of hydrogen-bond donors (Lipinski definition) is 0. The van der Waals surface area contributed by atoms with Gasteiger partial charge in [-0.15, -0.1) is 0 Å². The molecule has 0 spiro atoms. The van der Waals surface area contributed by atoms with Crippen LogP contribution in [0.2, 0.25) is 0 Å². The van der Waals surface area contributed by atoms with E-state index in [1.165, 1.54) is 11.3 Å². The fourth-order valence-corrected chi connectivity index (χ4v) is 2.20. The lowest BCUT2D eigenvalue weighted by molar-refractivity contribution is 0.441. The van der Waals surface area contributed by atoms with Crippen molar-refractivity contribution < 1.29 is 4.74 Å². The summed E-state index contributed by atoms with van der Waals surface area (Å²) in [5, 5.41) is 0. The Balaban J connectivity index is 2.41. The highest BCUT2D eigenvalue weighted by atomic mass is 16.5. The third-order valence-electron chi connectivity index (χ3n) is 3.14. The summed E-state index contributed by atoms with van der Waals surface area (Å²) in [5.41, 5.74) is 3.58. The van der Waals surface area contributed by atoms with Crippen LogP contribution in [0, 0.1) is 0 Å². The van der Waals surface area contributed by atoms with Crippen molar-refractivity contribution in [3.8, 4) is 5.75 Å². The van der Waals surface area contributed by atoms with Crippen molar-refractivity contribution in [1.29, 1.82) is 0 Å². The van der Waals surface area contributed by atoms with Gasteiger partial charge in [0, 0.05) is 30.4 Å². The van der Waals surface area contributed by atoms with Gasteiger partial charge in [0.05, 0.1) is 0 Å². The van der Waals surface area contributed by atoms with Crippen molar-refractivity contribution in [1.82, 2.24) is 0 Å². The summed E-state index contributed by atoms with van der Waals surface area (Å²) in [4.78, 5) is 2.31. The lowest BCUT2D eigenvalue weighted by Crippen LogP contribution is -2.21. The van der Waals surface area contributed by atoms with Gasteiger partial charge in [0.2, 0.25) is 0 Å². The molecule has 1 heterocycles. The Kier molecular flexibility index (Phi) is 3.23. The van der Waals surface area contributed by atoms with Crippen molar-refractivity contribution in [3.63, 3.8) is 0 Å². The molecule has 0 saturated carbocycles. The molecule has 2 heteroatoms. The zero-order valence-corrected chi connectivity index (χ0v) is 10.8. The van der Waals surface area contributed by atoms with Crippen LogP contribution < -0.4 is 9.64 Å². The molecule has 0 amide bonds. The predicted octanol–water partition coefficient (Wildman–Crippen LogP) is 3.84. The normalized spacial score (nSPS) is 13.8. The molecule has 90 valence electrons. The molecule has 1 aliphatic heterocycles. The Morgan fingerprint density at radius 2 is 1.94 bits per heavy atom. The number of nitrogens with zero attached hydrogens (tertiary/aromatic N) is 1. The molecule has 0 saturated heterocycles. The van der Waals surface area contributed by atoms with Crippen molar-refractivity contribution >= 4 is 11.3 Å². The van der Waals surface area contributed by atoms with E-state index in [1.807, 2.05) is 6.08 Å². The molecule has 0 atom stereocenters. The van der Waals surface area contributed by atoms with E-state index in [1.54, 1.807) is 0 Å². The summed E-state index contributed by atoms with van der Waals surface area (Å²) in [6, 6.07) is 6.38. The fourth-order valence-electron chi connectivity index (χ4n) is 2.20. The van der Waals surface area contributed by atoms with Crippen molar-refractivity contribution in [2.75, 3.05) is 18.0 Å². The minimum atomic E-state index is 0.715. The maximum Gasteiger partial charge on any atom is 0.136 e. The van der Waals surface area contributed by atoms with E-state index in [0.717, 1.165) is 24.4 Å². The van der Waals surface area contributed by atoms with Gasteiger partial charge in [-0.25, -0.2) is 0 Å². The predicted molar refractivity (Wildman–Crippen MR) is 73.4 cm³/mol. The van der Waals surface area contributed by atoms with Gasteiger partial charge in [0.25, 0.3) is 0 Å². The van der Waals surface area contributed by atoms with Crippen LogP contribution in [0.4, 0.5) is 5.69 Å². The molecule has 0 unspecified atom stereocenters. The molecular weight excluding hydrogens is 210 g/mol. The van der Waals surface area contributed by atoms with Crippen molar-refractivity contribution in [3.05, 3.63) is 42.2 Å². The van der Waals surface area contributed by atoms with Gasteiger partial charge in [-0.05, 0) is 44.6 Å². The second kappa shape index (κ2) is 4.66. The van der Waals surface area contributed by atoms with Gasteiger partial charge in [0.1, 0.15) is 11.5 Å². The Labute approximate surface area is 103 Å². The summed E-state index contributed by atoms with van der Waals surface area (Å²) in [5.74, 6) is 1.63. The summed E-state index contributed by atoms with van der Waals surface area (Å²) < 4.78 is 5.68. The number of ether oxygens (including phenoxy) is 1. The minimum Gasteiger partial charge on any atom is -0.457 e. The quantitative estimate of drug-likeness (QED) is 0.780. The van der Waals surface area contributed by atoms with Crippen LogP contribution >= 0.6 is 0 Å². The topological polar surface area (TPSA) is 12.5 Å². The van der Waals surface area contributed by atoms with Gasteiger partial charge >= 0.3 is 0 Å². The lowest BCUT2D eigenvalue weighted by atomic mass is 10.0. The van der Waals surface area contributed by atoms with Crippen molar-refractivity contribution in [2.45, 2.75) is 20.8 Å². The number of fused-ring (bicyclic) bond motifs is 1. The highest BCUT2D eigenvalue weighted by Gasteiger charge is 2.14. The molecule has 2 nitrogen and oxygen atoms in total. The van der Waals surface area contributed by atoms with Gasteiger partial charge < -0.3 is 9.64 Å². The Hall–Kier alpha value is -1.70. The third kappa shape index (κ3) is 2.21. The summed E-state index contributed by atoms with van der Waals surface area (Å²) in [6.07, 6.45) is 1.97. The maximum atomic E-state index is 5.68. The van der Waals surface area contributed by atoms with Crippen LogP contribution in [0.15, 0.2) is 36.6 Å². The van der Waals surface area contributed by atoms with E-state index in [2.05, 4.69) is 50.4 Å². The van der Waals surface area contributed by atoms with E-state index in [9.17, 15) is 0 Å². The highest BCUT2D eigenvalue weighted by Crippen LogP contribution is 2.35. The third-order valence-corrected chi connectivity index (χ3v) is 3.14. The number of hydrogen-bond acceptors (Lipinski definition) is 2. The summed E-state index contributed by atoms with van der Waals surface area (Å²) in [7, 11) is 0. The first-order chi connectivity index (χ1) is 8.15. The van der Waals surface area contributed by atoms with Crippen LogP contribution in [0.5, 0.6) is 5.75 Å². The first kappa shape index (κ1) is 11.8. The molecule has 2 rings (SSSR count). The molecule has 0 radical (unpaired) electrons. The van der Waals surface area contributed by atoms with Gasteiger partial charge in [0.15, 0.2) is 0 Å². The molecule has 0 bridgehead atoms. The standard InChI is InChI=1S/C15H19NO/c1-5-16(6-2)13-7-8-14-11(3)9-12(4)17-15(14)10-13/h7-10H,4-6H2,1-3H3. The SMILES string of the molecule is C=C1C=C(C)c2ccc(N(CC)CC)cc2O1. The molecule has 0 fully saturated rings. The molecule has 1 aromatic carbocycles. The van der Waals surface area contributed by atoms with Gasteiger partial charge in [-0.3, -0.25) is 0 Å². The monoisotopic (exact) mass is 229 g/mol. The zero-order chi connectivity index (χ0) is 12.4. The van der Waals surface area contributed by atoms with Crippen LogP contribution in [-0.4, -0.2) is 13.1 Å². The van der Waals surface area contributed by atoms with Crippen LogP contribution in [0.1, 0.15) is 26.3 Å². The maximum absolute atomic E-state index is 5.68. The number of allylic oxidation sites excluding steroid dienone is 2. The largest absolute Gasteiger partial charge is 0.457 e.